The van der Waals surface area contributed by atoms with Crippen molar-refractivity contribution in [1.29, 1.82) is 0 Å². The fraction of sp³-hybridized carbons (Fsp3) is 0.737. The molecule has 242 valence electrons. The molecule has 0 aliphatic heterocycles. The van der Waals surface area contributed by atoms with Crippen LogP contribution in [0.4, 0.5) is 0 Å². The van der Waals surface area contributed by atoms with Gasteiger partial charge in [-0.15, -0.1) is 0 Å². The van der Waals surface area contributed by atoms with E-state index in [2.05, 4.69) is 62.5 Å². The van der Waals surface area contributed by atoms with Crippen LogP contribution in [0.5, 0.6) is 0 Å². The maximum absolute atomic E-state index is 12.4. The molecule has 0 rings (SSSR count). The van der Waals surface area contributed by atoms with Crippen molar-refractivity contribution in [2.24, 2.45) is 0 Å². The fourth-order valence-corrected chi connectivity index (χ4v) is 4.92. The van der Waals surface area contributed by atoms with Gasteiger partial charge in [-0.3, -0.25) is 9.59 Å². The van der Waals surface area contributed by atoms with E-state index < -0.39 is 5.97 Å². The van der Waals surface area contributed by atoms with E-state index in [0.29, 0.717) is 12.8 Å². The van der Waals surface area contributed by atoms with Crippen molar-refractivity contribution in [3.63, 3.8) is 0 Å². The molecule has 0 aliphatic rings. The predicted molar refractivity (Wildman–Crippen MR) is 181 cm³/mol. The second-order valence-corrected chi connectivity index (χ2v) is 11.7. The second kappa shape index (κ2) is 33.4. The second-order valence-electron chi connectivity index (χ2n) is 11.7. The molecule has 1 unspecified atom stereocenters. The lowest BCUT2D eigenvalue weighted by atomic mass is 10.0. The Labute approximate surface area is 260 Å². The van der Waals surface area contributed by atoms with Gasteiger partial charge in [0.1, 0.15) is 6.10 Å². The standard InChI is InChI=1S/C38H66O4/c1-3-5-7-8-9-10-11-12-13-14-15-16-17-18-19-20-25-28-31-35-38(41)42-36(32-6-4-2)33-29-26-23-21-22-24-27-30-34-37(39)40/h9-10,12-13,15-16,18-19,36H,3-8,11,14,17,20-35H2,1-2H3,(H,39,40)/b10-9-,13-12-,16-15-,19-18-. The minimum Gasteiger partial charge on any atom is -0.481 e. The van der Waals surface area contributed by atoms with Gasteiger partial charge in [0.25, 0.3) is 0 Å². The molecule has 0 amide bonds. The van der Waals surface area contributed by atoms with Crippen LogP contribution in [0.2, 0.25) is 0 Å². The first-order chi connectivity index (χ1) is 20.6. The maximum atomic E-state index is 12.4. The van der Waals surface area contributed by atoms with Crippen LogP contribution in [0.15, 0.2) is 48.6 Å². The first-order valence-corrected chi connectivity index (χ1v) is 17.6. The van der Waals surface area contributed by atoms with E-state index in [1.165, 1.54) is 51.4 Å². The van der Waals surface area contributed by atoms with Crippen molar-refractivity contribution in [2.45, 2.75) is 180 Å². The number of rotatable bonds is 31. The lowest BCUT2D eigenvalue weighted by Gasteiger charge is -2.18. The molecule has 0 saturated heterocycles. The summed E-state index contributed by atoms with van der Waals surface area (Å²) >= 11 is 0. The molecule has 0 heterocycles. The number of esters is 1. The van der Waals surface area contributed by atoms with Crippen molar-refractivity contribution < 1.29 is 19.4 Å². The average Bonchev–Trinajstić information content (AvgIpc) is 2.97. The Kier molecular flexibility index (Phi) is 31.7. The zero-order valence-corrected chi connectivity index (χ0v) is 27.5. The van der Waals surface area contributed by atoms with E-state index >= 15 is 0 Å². The molecular formula is C38H66O4. The Balaban J connectivity index is 3.77. The smallest absolute Gasteiger partial charge is 0.306 e. The summed E-state index contributed by atoms with van der Waals surface area (Å²) < 4.78 is 5.86. The number of carbonyl (C=O) groups is 2. The molecule has 0 saturated carbocycles. The Bertz CT molecular complexity index is 719. The number of hydrogen-bond donors (Lipinski definition) is 1. The summed E-state index contributed by atoms with van der Waals surface area (Å²) in [5, 5.41) is 8.68. The quantitative estimate of drug-likeness (QED) is 0.0498. The number of allylic oxidation sites excluding steroid dienone is 8. The molecule has 4 nitrogen and oxygen atoms in total. The summed E-state index contributed by atoms with van der Waals surface area (Å²) in [6.45, 7) is 4.43. The van der Waals surface area contributed by atoms with E-state index in [9.17, 15) is 9.59 Å². The summed E-state index contributed by atoms with van der Waals surface area (Å²) in [5.41, 5.74) is 0. The summed E-state index contributed by atoms with van der Waals surface area (Å²) in [5.74, 6) is -0.707. The molecule has 0 aliphatic carbocycles. The minimum absolute atomic E-state index is 0.0183. The number of hydrogen-bond acceptors (Lipinski definition) is 3. The van der Waals surface area contributed by atoms with Crippen molar-refractivity contribution in [2.75, 3.05) is 0 Å². The number of carboxylic acids is 1. The van der Waals surface area contributed by atoms with Crippen LogP contribution in [0.1, 0.15) is 174 Å². The van der Waals surface area contributed by atoms with Crippen molar-refractivity contribution in [1.82, 2.24) is 0 Å². The number of ether oxygens (including phenoxy) is 1. The molecule has 0 aromatic carbocycles. The molecule has 0 bridgehead atoms. The number of unbranched alkanes of at least 4 members (excludes halogenated alkanes) is 14. The van der Waals surface area contributed by atoms with Gasteiger partial charge in [0, 0.05) is 12.8 Å². The average molecular weight is 587 g/mol. The van der Waals surface area contributed by atoms with Gasteiger partial charge in [-0.1, -0.05) is 133 Å². The topological polar surface area (TPSA) is 63.6 Å². The maximum Gasteiger partial charge on any atom is 0.306 e. The summed E-state index contributed by atoms with van der Waals surface area (Å²) in [4.78, 5) is 23.0. The Morgan fingerprint density at radius 2 is 0.952 bits per heavy atom. The van der Waals surface area contributed by atoms with Gasteiger partial charge in [0.05, 0.1) is 0 Å². The summed E-state index contributed by atoms with van der Waals surface area (Å²) in [6, 6.07) is 0. The molecular weight excluding hydrogens is 520 g/mol. The monoisotopic (exact) mass is 586 g/mol. The highest BCUT2D eigenvalue weighted by Gasteiger charge is 2.13. The van der Waals surface area contributed by atoms with Gasteiger partial charge in [0.2, 0.25) is 0 Å². The highest BCUT2D eigenvalue weighted by molar-refractivity contribution is 5.69. The van der Waals surface area contributed by atoms with Gasteiger partial charge in [-0.2, -0.15) is 0 Å². The van der Waals surface area contributed by atoms with Crippen LogP contribution in [0.3, 0.4) is 0 Å². The number of aliphatic carboxylic acids is 1. The van der Waals surface area contributed by atoms with Crippen LogP contribution >= 0.6 is 0 Å². The van der Waals surface area contributed by atoms with Crippen LogP contribution < -0.4 is 0 Å². The number of carbonyl (C=O) groups excluding carboxylic acids is 1. The van der Waals surface area contributed by atoms with Crippen molar-refractivity contribution in [3.8, 4) is 0 Å². The van der Waals surface area contributed by atoms with Crippen LogP contribution in [0.25, 0.3) is 0 Å². The lowest BCUT2D eigenvalue weighted by Crippen LogP contribution is -2.18. The third-order valence-corrected chi connectivity index (χ3v) is 7.55. The Morgan fingerprint density at radius 3 is 1.50 bits per heavy atom. The molecule has 0 spiro atoms. The molecule has 0 fully saturated rings. The first kappa shape index (κ1) is 39.9. The molecule has 1 atom stereocenters. The molecule has 0 aromatic rings. The van der Waals surface area contributed by atoms with E-state index in [4.69, 9.17) is 9.84 Å². The van der Waals surface area contributed by atoms with Gasteiger partial charge in [0.15, 0.2) is 0 Å². The third kappa shape index (κ3) is 32.4. The summed E-state index contributed by atoms with van der Waals surface area (Å²) in [7, 11) is 0. The highest BCUT2D eigenvalue weighted by Crippen LogP contribution is 2.17. The van der Waals surface area contributed by atoms with Gasteiger partial charge >= 0.3 is 11.9 Å². The van der Waals surface area contributed by atoms with Gasteiger partial charge < -0.3 is 9.84 Å². The Morgan fingerprint density at radius 1 is 0.524 bits per heavy atom. The normalized spacial score (nSPS) is 12.8. The predicted octanol–water partition coefficient (Wildman–Crippen LogP) is 12.0. The molecule has 4 heteroatoms. The third-order valence-electron chi connectivity index (χ3n) is 7.55. The molecule has 1 N–H and O–H groups in total. The largest absolute Gasteiger partial charge is 0.481 e. The first-order valence-electron chi connectivity index (χ1n) is 17.6. The zero-order valence-electron chi connectivity index (χ0n) is 27.5. The van der Waals surface area contributed by atoms with Crippen molar-refractivity contribution >= 4 is 11.9 Å². The van der Waals surface area contributed by atoms with Crippen LogP contribution in [-0.2, 0) is 14.3 Å². The lowest BCUT2D eigenvalue weighted by molar-refractivity contribution is -0.150. The van der Waals surface area contributed by atoms with Gasteiger partial charge in [-0.25, -0.2) is 0 Å². The fourth-order valence-electron chi connectivity index (χ4n) is 4.92. The van der Waals surface area contributed by atoms with Gasteiger partial charge in [-0.05, 0) is 77.0 Å². The van der Waals surface area contributed by atoms with E-state index in [1.807, 2.05) is 0 Å². The molecule has 42 heavy (non-hydrogen) atoms. The molecule has 0 radical (unpaired) electrons. The van der Waals surface area contributed by atoms with Crippen molar-refractivity contribution in [3.05, 3.63) is 48.6 Å². The Hall–Kier alpha value is -2.10. The van der Waals surface area contributed by atoms with E-state index in [0.717, 1.165) is 96.3 Å². The SMILES string of the molecule is CCCCC/C=C\C/C=C\C/C=C\C/C=C\CCCCCC(=O)OC(CCCC)CCCCCCCCCCC(=O)O. The van der Waals surface area contributed by atoms with E-state index in [-0.39, 0.29) is 12.1 Å². The number of carboxylic acid groups (broad SMARTS) is 1. The minimum atomic E-state index is -0.688. The summed E-state index contributed by atoms with van der Waals surface area (Å²) in [6.07, 6.45) is 44.4. The van der Waals surface area contributed by atoms with E-state index in [1.54, 1.807) is 0 Å². The molecule has 0 aromatic heterocycles. The van der Waals surface area contributed by atoms with Crippen LogP contribution in [-0.4, -0.2) is 23.1 Å². The van der Waals surface area contributed by atoms with Crippen LogP contribution in [0, 0.1) is 0 Å². The zero-order chi connectivity index (χ0) is 30.8. The highest BCUT2D eigenvalue weighted by atomic mass is 16.5.